The molecule has 0 saturated heterocycles. The monoisotopic (exact) mass is 479 g/mol. The lowest BCUT2D eigenvalue weighted by atomic mass is 10.1. The van der Waals surface area contributed by atoms with Crippen LogP contribution in [0.15, 0.2) is 71.6 Å². The van der Waals surface area contributed by atoms with Gasteiger partial charge in [0.2, 0.25) is 0 Å². The van der Waals surface area contributed by atoms with E-state index in [0.717, 1.165) is 12.1 Å². The quantitative estimate of drug-likeness (QED) is 0.382. The van der Waals surface area contributed by atoms with Crippen LogP contribution in [0.1, 0.15) is 21.5 Å². The molecule has 172 valence electrons. The van der Waals surface area contributed by atoms with Crippen molar-refractivity contribution in [2.45, 2.75) is 18.0 Å². The van der Waals surface area contributed by atoms with Crippen molar-refractivity contribution in [2.75, 3.05) is 10.0 Å². The Balaban J connectivity index is 1.74. The molecule has 3 aromatic carbocycles. The van der Waals surface area contributed by atoms with Crippen LogP contribution in [-0.2, 0) is 16.2 Å². The van der Waals surface area contributed by atoms with Crippen molar-refractivity contribution < 1.29 is 31.3 Å². The van der Waals surface area contributed by atoms with Gasteiger partial charge in [-0.1, -0.05) is 6.07 Å². The van der Waals surface area contributed by atoms with Crippen molar-refractivity contribution in [2.24, 2.45) is 0 Å². The molecule has 0 spiro atoms. The Kier molecular flexibility index (Phi) is 6.40. The second-order valence-corrected chi connectivity index (χ2v) is 8.60. The third-order valence-electron chi connectivity index (χ3n) is 4.52. The van der Waals surface area contributed by atoms with Crippen LogP contribution in [0.3, 0.4) is 0 Å². The summed E-state index contributed by atoms with van der Waals surface area (Å²) in [6.07, 6.45) is -4.62. The molecular weight excluding hydrogens is 463 g/mol. The normalized spacial score (nSPS) is 11.6. The first kappa shape index (κ1) is 23.7. The average Bonchev–Trinajstić information content (AvgIpc) is 2.73. The lowest BCUT2D eigenvalue weighted by Gasteiger charge is -2.12. The molecule has 3 aromatic rings. The Labute approximate surface area is 186 Å². The van der Waals surface area contributed by atoms with Gasteiger partial charge < -0.3 is 5.32 Å². The number of halogens is 3. The van der Waals surface area contributed by atoms with Gasteiger partial charge in [0.25, 0.3) is 21.6 Å². The van der Waals surface area contributed by atoms with Crippen molar-refractivity contribution in [1.29, 1.82) is 0 Å². The van der Waals surface area contributed by atoms with Gasteiger partial charge in [-0.25, -0.2) is 8.42 Å². The summed E-state index contributed by atoms with van der Waals surface area (Å²) in [7, 11) is -4.19. The van der Waals surface area contributed by atoms with E-state index in [4.69, 9.17) is 0 Å². The third-order valence-corrected chi connectivity index (χ3v) is 5.92. The van der Waals surface area contributed by atoms with Crippen LogP contribution >= 0.6 is 0 Å². The van der Waals surface area contributed by atoms with Gasteiger partial charge in [-0.2, -0.15) is 13.2 Å². The van der Waals surface area contributed by atoms with Crippen molar-refractivity contribution in [3.8, 4) is 0 Å². The summed E-state index contributed by atoms with van der Waals surface area (Å²) in [6.45, 7) is 1.49. The zero-order chi connectivity index (χ0) is 24.4. The largest absolute Gasteiger partial charge is 0.416 e. The molecule has 0 atom stereocenters. The van der Waals surface area contributed by atoms with Crippen molar-refractivity contribution in [3.05, 3.63) is 93.5 Å². The SMILES string of the molecule is Cc1cc(C(=O)Nc2ccc(S(=O)(=O)Nc3cccc(C(F)(F)F)c3)cc2)ccc1[N+](=O)[O-]. The fourth-order valence-corrected chi connectivity index (χ4v) is 3.94. The maximum Gasteiger partial charge on any atom is 0.416 e. The number of aryl methyl sites for hydroxylation is 1. The Bertz CT molecular complexity index is 1320. The molecule has 0 unspecified atom stereocenters. The first-order valence-electron chi connectivity index (χ1n) is 9.23. The van der Waals surface area contributed by atoms with Crippen molar-refractivity contribution >= 4 is 33.0 Å². The number of amides is 1. The maximum atomic E-state index is 12.8. The molecule has 33 heavy (non-hydrogen) atoms. The number of anilines is 2. The Morgan fingerprint density at radius 1 is 0.970 bits per heavy atom. The average molecular weight is 479 g/mol. The molecule has 0 aliphatic carbocycles. The molecule has 3 rings (SSSR count). The Morgan fingerprint density at radius 2 is 1.64 bits per heavy atom. The number of sulfonamides is 1. The Hall–Kier alpha value is -3.93. The minimum absolute atomic E-state index is 0.130. The highest BCUT2D eigenvalue weighted by atomic mass is 32.2. The molecule has 0 saturated carbocycles. The molecule has 0 heterocycles. The number of hydrogen-bond acceptors (Lipinski definition) is 5. The maximum absolute atomic E-state index is 12.8. The van der Waals surface area contributed by atoms with E-state index in [-0.39, 0.29) is 27.5 Å². The van der Waals surface area contributed by atoms with E-state index in [1.54, 1.807) is 0 Å². The topological polar surface area (TPSA) is 118 Å². The number of hydrogen-bond donors (Lipinski definition) is 2. The van der Waals surface area contributed by atoms with Gasteiger partial charge in [0.15, 0.2) is 0 Å². The number of benzene rings is 3. The lowest BCUT2D eigenvalue weighted by Crippen LogP contribution is -2.15. The molecule has 2 N–H and O–H groups in total. The number of alkyl halides is 3. The fraction of sp³-hybridized carbons (Fsp3) is 0.0952. The minimum Gasteiger partial charge on any atom is -0.322 e. The van der Waals surface area contributed by atoms with E-state index in [0.29, 0.717) is 11.6 Å². The molecule has 8 nitrogen and oxygen atoms in total. The first-order valence-corrected chi connectivity index (χ1v) is 10.7. The molecule has 0 fully saturated rings. The minimum atomic E-state index is -4.62. The zero-order valence-electron chi connectivity index (χ0n) is 16.9. The smallest absolute Gasteiger partial charge is 0.322 e. The highest BCUT2D eigenvalue weighted by Gasteiger charge is 2.30. The fourth-order valence-electron chi connectivity index (χ4n) is 2.90. The van der Waals surface area contributed by atoms with Crippen LogP contribution < -0.4 is 10.0 Å². The van der Waals surface area contributed by atoms with Crippen LogP contribution in [0.5, 0.6) is 0 Å². The van der Waals surface area contributed by atoms with E-state index in [1.165, 1.54) is 55.5 Å². The first-order chi connectivity index (χ1) is 15.4. The number of rotatable bonds is 6. The number of nitro groups is 1. The molecule has 12 heteroatoms. The van der Waals surface area contributed by atoms with Gasteiger partial charge in [0.05, 0.1) is 15.4 Å². The highest BCUT2D eigenvalue weighted by Crippen LogP contribution is 2.31. The van der Waals surface area contributed by atoms with Crippen molar-refractivity contribution in [1.82, 2.24) is 0 Å². The summed E-state index contributed by atoms with van der Waals surface area (Å²) >= 11 is 0. The summed E-state index contributed by atoms with van der Waals surface area (Å²) in [6, 6.07) is 12.6. The molecule has 0 radical (unpaired) electrons. The van der Waals surface area contributed by atoms with Crippen LogP contribution in [0.2, 0.25) is 0 Å². The summed E-state index contributed by atoms with van der Waals surface area (Å²) in [5, 5.41) is 13.4. The Morgan fingerprint density at radius 3 is 2.21 bits per heavy atom. The standard InChI is InChI=1S/C21H16F3N3O5S/c1-13-11-14(5-10-19(13)27(29)30)20(28)25-16-6-8-18(9-7-16)33(31,32)26-17-4-2-3-15(12-17)21(22,23)24/h2-12,26H,1H3,(H,25,28). The van der Waals surface area contributed by atoms with Crippen LogP contribution in [0, 0.1) is 17.0 Å². The number of carbonyl (C=O) groups excluding carboxylic acids is 1. The number of nitrogens with zero attached hydrogens (tertiary/aromatic N) is 1. The summed E-state index contributed by atoms with van der Waals surface area (Å²) < 4.78 is 65.6. The molecule has 0 aliphatic heterocycles. The molecule has 0 bridgehead atoms. The van der Waals surface area contributed by atoms with E-state index in [9.17, 15) is 36.5 Å². The van der Waals surface area contributed by atoms with Crippen LogP contribution in [0.4, 0.5) is 30.2 Å². The molecule has 0 aliphatic rings. The lowest BCUT2D eigenvalue weighted by molar-refractivity contribution is -0.385. The summed E-state index contributed by atoms with van der Waals surface area (Å²) in [5.41, 5.74) is -0.669. The zero-order valence-corrected chi connectivity index (χ0v) is 17.7. The highest BCUT2D eigenvalue weighted by molar-refractivity contribution is 7.92. The van der Waals surface area contributed by atoms with E-state index in [1.807, 2.05) is 0 Å². The third kappa shape index (κ3) is 5.66. The van der Waals surface area contributed by atoms with E-state index in [2.05, 4.69) is 10.0 Å². The van der Waals surface area contributed by atoms with Gasteiger partial charge in [-0.3, -0.25) is 19.6 Å². The molecule has 0 aromatic heterocycles. The van der Waals surface area contributed by atoms with Gasteiger partial charge >= 0.3 is 6.18 Å². The molecular formula is C21H16F3N3O5S. The van der Waals surface area contributed by atoms with Gasteiger partial charge in [0, 0.05) is 28.6 Å². The van der Waals surface area contributed by atoms with Gasteiger partial charge in [0.1, 0.15) is 0 Å². The predicted octanol–water partition coefficient (Wildman–Crippen LogP) is 4.98. The summed E-state index contributed by atoms with van der Waals surface area (Å²) in [5.74, 6) is -0.564. The second-order valence-electron chi connectivity index (χ2n) is 6.92. The van der Waals surface area contributed by atoms with Crippen LogP contribution in [0.25, 0.3) is 0 Å². The predicted molar refractivity (Wildman–Crippen MR) is 114 cm³/mol. The van der Waals surface area contributed by atoms with Crippen molar-refractivity contribution in [3.63, 3.8) is 0 Å². The van der Waals surface area contributed by atoms with E-state index >= 15 is 0 Å². The second kappa shape index (κ2) is 8.90. The number of nitro benzene ring substituents is 1. The summed E-state index contributed by atoms with van der Waals surface area (Å²) in [4.78, 5) is 22.5. The number of carbonyl (C=O) groups is 1. The van der Waals surface area contributed by atoms with E-state index < -0.39 is 32.6 Å². The molecule has 1 amide bonds. The van der Waals surface area contributed by atoms with Gasteiger partial charge in [-0.05, 0) is 61.5 Å². The van der Waals surface area contributed by atoms with Gasteiger partial charge in [-0.15, -0.1) is 0 Å². The number of nitrogens with one attached hydrogen (secondary N) is 2. The van der Waals surface area contributed by atoms with Crippen LogP contribution in [-0.4, -0.2) is 19.2 Å².